The molecule has 90 heavy (non-hydrogen) atoms. The van der Waals surface area contributed by atoms with E-state index in [1.807, 2.05) is 0 Å². The molecule has 6 N–H and O–H groups in total. The fraction of sp³-hybridized carbons (Fsp3) is 0.723. The molecule has 11 heterocycles. The van der Waals surface area contributed by atoms with Crippen molar-refractivity contribution in [1.82, 2.24) is 31.5 Å². The van der Waals surface area contributed by atoms with Gasteiger partial charge in [-0.25, -0.2) is 0 Å². The summed E-state index contributed by atoms with van der Waals surface area (Å²) in [5, 5.41) is 23.8. The smallest absolute Gasteiger partial charge is 0.243 e. The number of aliphatic hydroxyl groups is 1. The highest BCUT2D eigenvalue weighted by molar-refractivity contribution is 7.81. The van der Waals surface area contributed by atoms with Crippen molar-refractivity contribution in [2.45, 2.75) is 244 Å². The van der Waals surface area contributed by atoms with Crippen LogP contribution in [0.15, 0.2) is 54.6 Å². The second-order valence-electron chi connectivity index (χ2n) is 26.5. The number of fused-ring (bicyclic) bond motifs is 6. The maximum atomic E-state index is 14.5. The molecule has 7 amide bonds. The molecule has 11 aliphatic rings. The Morgan fingerprint density at radius 3 is 2.21 bits per heavy atom. The van der Waals surface area contributed by atoms with Gasteiger partial charge in [0.05, 0.1) is 92.0 Å². The number of carbonyl (C=O) groups is 8. The fourth-order valence-electron chi connectivity index (χ4n) is 15.3. The highest BCUT2D eigenvalue weighted by Gasteiger charge is 2.69. The van der Waals surface area contributed by atoms with Crippen LogP contribution in [0.2, 0.25) is 0 Å². The number of aliphatic hydroxyl groups excluding tert-OH is 1. The SMILES string of the molecule is C=C1C[C@@H]2CC[C@@]34C[C@H]5O[C@@H]6C(O[C@H]7CC[C@H](CC(=O)C[C@@H]8[C@@H](OC)[C@@H](C[C@H](O)CNC(=O)CNC(=O)[C@H](Cc9ccccc9)NC(=O)CNC(=O)CNC(=O)CCCCCN9C(=O)CC(S)C9=O)O[C@H]8C[C@H]8O[C@@H](CC[C@@H]1O2)C[C@@H](C)C8=C)O[C@@H]7[C@@H]6O3)[C@H]5O4. The Bertz CT molecular complexity index is 2830. The Labute approximate surface area is 530 Å². The molecule has 0 saturated carbocycles. The van der Waals surface area contributed by atoms with Crippen molar-refractivity contribution in [1.29, 1.82) is 0 Å². The van der Waals surface area contributed by atoms with E-state index in [1.165, 1.54) is 4.90 Å². The maximum Gasteiger partial charge on any atom is 0.243 e. The van der Waals surface area contributed by atoms with Crippen molar-refractivity contribution in [3.8, 4) is 0 Å². The summed E-state index contributed by atoms with van der Waals surface area (Å²) in [6.07, 6.45) is 2.82. The van der Waals surface area contributed by atoms with Crippen LogP contribution in [0.25, 0.3) is 0 Å². The predicted octanol–water partition coefficient (Wildman–Crippen LogP) is 2.29. The van der Waals surface area contributed by atoms with Crippen molar-refractivity contribution < 1.29 is 86.1 Å². The minimum Gasteiger partial charge on any atom is -0.391 e. The third-order valence-corrected chi connectivity index (χ3v) is 20.4. The molecule has 24 nitrogen and oxygen atoms in total. The molecule has 11 aliphatic heterocycles. The molecule has 25 heteroatoms. The summed E-state index contributed by atoms with van der Waals surface area (Å²) in [4.78, 5) is 105. The van der Waals surface area contributed by atoms with Crippen LogP contribution in [0.4, 0.5) is 0 Å². The number of methoxy groups -OCH3 is 1. The Morgan fingerprint density at radius 2 is 1.42 bits per heavy atom. The van der Waals surface area contributed by atoms with Crippen molar-refractivity contribution >= 4 is 59.8 Å². The summed E-state index contributed by atoms with van der Waals surface area (Å²) in [5.41, 5.74) is 2.74. The summed E-state index contributed by atoms with van der Waals surface area (Å²) >= 11 is 4.12. The van der Waals surface area contributed by atoms with Gasteiger partial charge in [0, 0.05) is 83.9 Å². The number of likely N-dealkylation sites (tertiary alicyclic amines) is 1. The van der Waals surface area contributed by atoms with E-state index in [4.69, 9.17) is 42.6 Å². The lowest BCUT2D eigenvalue weighted by atomic mass is 9.81. The number of thiol groups is 1. The number of hydrogen-bond acceptors (Lipinski definition) is 19. The average Bonchev–Trinajstić information content (AvgIpc) is 1.55. The van der Waals surface area contributed by atoms with E-state index in [9.17, 15) is 43.5 Å². The van der Waals surface area contributed by atoms with Crippen LogP contribution < -0.4 is 26.6 Å². The fourth-order valence-corrected chi connectivity index (χ4v) is 15.6. The van der Waals surface area contributed by atoms with Crippen molar-refractivity contribution in [3.63, 3.8) is 0 Å². The van der Waals surface area contributed by atoms with Crippen molar-refractivity contribution in [2.75, 3.05) is 39.8 Å². The van der Waals surface area contributed by atoms with Gasteiger partial charge in [0.1, 0.15) is 42.3 Å². The lowest BCUT2D eigenvalue weighted by Gasteiger charge is -2.47. The monoisotopic (exact) mass is 1270 g/mol. The van der Waals surface area contributed by atoms with E-state index in [0.29, 0.717) is 56.9 Å². The van der Waals surface area contributed by atoms with Gasteiger partial charge < -0.3 is 74.3 Å². The number of imide groups is 1. The first-order valence-corrected chi connectivity index (χ1v) is 33.1. The third kappa shape index (κ3) is 15.7. The zero-order chi connectivity index (χ0) is 63.4. The molecule has 494 valence electrons. The van der Waals surface area contributed by atoms with Crippen LogP contribution in [-0.2, 0) is 87.4 Å². The number of Topliss-reactive ketones (excluding diaryl/α,β-unsaturated/α-hetero) is 1. The van der Waals surface area contributed by atoms with Gasteiger partial charge in [0.2, 0.25) is 41.4 Å². The molecule has 12 rings (SSSR count). The molecule has 0 aliphatic carbocycles. The highest BCUT2D eigenvalue weighted by Crippen LogP contribution is 2.54. The van der Waals surface area contributed by atoms with E-state index in [0.717, 1.165) is 43.3 Å². The Morgan fingerprint density at radius 1 is 0.711 bits per heavy atom. The zero-order valence-corrected chi connectivity index (χ0v) is 52.5. The van der Waals surface area contributed by atoms with Crippen LogP contribution in [-0.4, -0.2) is 212 Å². The number of nitrogens with zero attached hydrogens (tertiary/aromatic N) is 1. The first kappa shape index (κ1) is 66.3. The summed E-state index contributed by atoms with van der Waals surface area (Å²) in [5.74, 6) is -4.74. The van der Waals surface area contributed by atoms with E-state index in [-0.39, 0.29) is 136 Å². The second kappa shape index (κ2) is 29.4. The number of benzene rings is 1. The summed E-state index contributed by atoms with van der Waals surface area (Å²) < 4.78 is 60.7. The molecule has 11 saturated heterocycles. The molecular weight excluding hydrogens is 1180 g/mol. The molecule has 21 atom stereocenters. The summed E-state index contributed by atoms with van der Waals surface area (Å²) in [7, 11) is 1.57. The Kier molecular flexibility index (Phi) is 21.7. The largest absolute Gasteiger partial charge is 0.391 e. The summed E-state index contributed by atoms with van der Waals surface area (Å²) in [6.45, 7) is 9.78. The topological polar surface area (TPSA) is 303 Å². The molecule has 1 aromatic carbocycles. The van der Waals surface area contributed by atoms with Crippen molar-refractivity contribution in [2.24, 2.45) is 11.8 Å². The van der Waals surface area contributed by atoms with E-state index in [2.05, 4.69) is 59.3 Å². The number of carbonyl (C=O) groups excluding carboxylic acids is 8. The molecule has 1 spiro atoms. The Balaban J connectivity index is 0.673. The third-order valence-electron chi connectivity index (χ3n) is 20.0. The number of unbranched alkanes of at least 4 members (excludes halogenated alkanes) is 2. The number of amides is 7. The lowest BCUT2D eigenvalue weighted by Crippen LogP contribution is -2.61. The van der Waals surface area contributed by atoms with Gasteiger partial charge in [-0.3, -0.25) is 43.3 Å². The first-order chi connectivity index (χ1) is 43.3. The minimum absolute atomic E-state index is 0.0171. The molecule has 0 radical (unpaired) electrons. The van der Waals surface area contributed by atoms with E-state index in [1.54, 1.807) is 37.4 Å². The molecule has 0 aromatic heterocycles. The first-order valence-electron chi connectivity index (χ1n) is 32.6. The van der Waals surface area contributed by atoms with Gasteiger partial charge in [-0.2, -0.15) is 12.6 Å². The second-order valence-corrected chi connectivity index (χ2v) is 27.1. The Hall–Kier alpha value is -5.19. The van der Waals surface area contributed by atoms with Gasteiger partial charge >= 0.3 is 0 Å². The van der Waals surface area contributed by atoms with Crippen molar-refractivity contribution in [3.05, 3.63) is 60.2 Å². The van der Waals surface area contributed by atoms with Crippen LogP contribution in [0, 0.1) is 11.8 Å². The molecule has 1 aromatic rings. The standard InChI is InChI=1S/C65H90N6O18S/c1-34-21-40-14-16-45-35(2)22-42(82-45)18-19-65-29-50-59(88-65)60-61(87-50)62(89-65)58-46(86-60)17-15-41(84-58)24-38(72)25-43-48(27-47(83-40)36(34)3)85-49(57(43)81-4)26-39(73)30-66-54(76)32-69-63(79)44(23-37-11-7-5-8-12-37)70-55(77)33-68-53(75)31-67-52(74)13-9-6-10-20-71-56(78)28-51(90)64(71)80/h5,7-8,11-12,34,39-51,57-62,73,90H,2-3,6,9-10,13-33H2,1,4H3,(H,66,76)(H,67,74)(H,68,75)(H,69,79)(H,70,77)/t34-,39+,40+,41-,42+,43+,44+,45+,46+,47-,48+,49-,50-,51?,57-,58+,59+,60?,61-,62+,65+/m1/s1. The lowest BCUT2D eigenvalue weighted by molar-refractivity contribution is -0.292. The molecular formula is C65H90N6O18S. The normalized spacial score (nSPS) is 37.0. The number of ketones is 1. The van der Waals surface area contributed by atoms with Gasteiger partial charge in [-0.15, -0.1) is 0 Å². The number of hydrogen-bond donors (Lipinski definition) is 7. The van der Waals surface area contributed by atoms with Crippen LogP contribution in [0.3, 0.4) is 0 Å². The van der Waals surface area contributed by atoms with E-state index < -0.39 is 109 Å². The molecule has 12 bridgehead atoms. The average molecular weight is 1280 g/mol. The van der Waals surface area contributed by atoms with Crippen LogP contribution >= 0.6 is 12.6 Å². The number of nitrogens with one attached hydrogen (secondary N) is 5. The van der Waals surface area contributed by atoms with Gasteiger partial charge in [-0.1, -0.05) is 56.8 Å². The maximum absolute atomic E-state index is 14.5. The zero-order valence-electron chi connectivity index (χ0n) is 51.6. The van der Waals surface area contributed by atoms with E-state index >= 15 is 0 Å². The molecule has 2 unspecified atom stereocenters. The highest BCUT2D eigenvalue weighted by atomic mass is 32.1. The summed E-state index contributed by atoms with van der Waals surface area (Å²) in [6, 6.07) is 7.76. The van der Waals surface area contributed by atoms with Crippen LogP contribution in [0.5, 0.6) is 0 Å². The van der Waals surface area contributed by atoms with Crippen LogP contribution in [0.1, 0.15) is 128 Å². The number of rotatable bonds is 21. The quantitative estimate of drug-likeness (QED) is 0.0402. The molecule has 11 fully saturated rings. The minimum atomic E-state index is -1.15. The number of ether oxygens (including phenoxy) is 9. The predicted molar refractivity (Wildman–Crippen MR) is 324 cm³/mol. The van der Waals surface area contributed by atoms with Gasteiger partial charge in [-0.05, 0) is 80.4 Å². The van der Waals surface area contributed by atoms with Gasteiger partial charge in [0.15, 0.2) is 5.79 Å². The van der Waals surface area contributed by atoms with Gasteiger partial charge in [0.25, 0.3) is 0 Å².